The Kier molecular flexibility index (Phi) is 4.99. The second kappa shape index (κ2) is 6.05. The largest absolute Gasteiger partial charge is 0.481 e. The topological polar surface area (TPSA) is 68.0 Å². The highest BCUT2D eigenvalue weighted by molar-refractivity contribution is 7.99. The predicted octanol–water partition coefficient (Wildman–Crippen LogP) is 2.23. The van der Waals surface area contributed by atoms with Crippen molar-refractivity contribution in [2.75, 3.05) is 5.75 Å². The Bertz CT molecular complexity index is 388. The molecule has 0 aliphatic carbocycles. The van der Waals surface area contributed by atoms with Crippen molar-refractivity contribution in [2.45, 2.75) is 45.3 Å². The van der Waals surface area contributed by atoms with Gasteiger partial charge in [-0.1, -0.05) is 25.6 Å². The van der Waals surface area contributed by atoms with Gasteiger partial charge in [0.25, 0.3) is 0 Å². The lowest BCUT2D eigenvalue weighted by molar-refractivity contribution is -0.133. The molecule has 0 atom stereocenters. The summed E-state index contributed by atoms with van der Waals surface area (Å²) in [5, 5.41) is 17.6. The van der Waals surface area contributed by atoms with Crippen molar-refractivity contribution >= 4 is 17.7 Å². The minimum Gasteiger partial charge on any atom is -0.481 e. The van der Waals surface area contributed by atoms with Crippen LogP contribution in [0.3, 0.4) is 0 Å². The Hall–Kier alpha value is -1.04. The molecule has 1 aromatic heterocycles. The van der Waals surface area contributed by atoms with Gasteiger partial charge in [0, 0.05) is 12.5 Å². The summed E-state index contributed by atoms with van der Waals surface area (Å²) in [7, 11) is 0. The van der Waals surface area contributed by atoms with E-state index in [1.807, 2.05) is 4.57 Å². The fourth-order valence-corrected chi connectivity index (χ4v) is 2.36. The van der Waals surface area contributed by atoms with Gasteiger partial charge in [-0.05, 0) is 19.8 Å². The highest BCUT2D eigenvalue weighted by Gasteiger charge is 2.16. The highest BCUT2D eigenvalue weighted by atomic mass is 32.2. The molecule has 6 heteroatoms. The van der Waals surface area contributed by atoms with Gasteiger partial charge in [-0.2, -0.15) is 0 Å². The van der Waals surface area contributed by atoms with Gasteiger partial charge in [0.1, 0.15) is 5.82 Å². The molecular weight excluding hydrogens is 238 g/mol. The van der Waals surface area contributed by atoms with E-state index in [1.165, 1.54) is 11.8 Å². The lowest BCUT2D eigenvalue weighted by atomic mass is 10.1. The maximum Gasteiger partial charge on any atom is 0.313 e. The van der Waals surface area contributed by atoms with Gasteiger partial charge in [-0.3, -0.25) is 4.79 Å². The van der Waals surface area contributed by atoms with Crippen molar-refractivity contribution in [3.63, 3.8) is 0 Å². The number of thioether (sulfide) groups is 1. The van der Waals surface area contributed by atoms with E-state index in [0.29, 0.717) is 11.1 Å². The van der Waals surface area contributed by atoms with E-state index in [0.717, 1.165) is 12.2 Å². The van der Waals surface area contributed by atoms with Crippen molar-refractivity contribution in [2.24, 2.45) is 5.92 Å². The van der Waals surface area contributed by atoms with Crippen molar-refractivity contribution in [1.82, 2.24) is 14.8 Å². The third-order valence-corrected chi connectivity index (χ3v) is 3.09. The van der Waals surface area contributed by atoms with E-state index in [1.54, 1.807) is 0 Å². The number of carboxylic acids is 1. The van der Waals surface area contributed by atoms with Crippen molar-refractivity contribution in [1.29, 1.82) is 0 Å². The number of rotatable bonds is 6. The zero-order valence-electron chi connectivity index (χ0n) is 10.7. The van der Waals surface area contributed by atoms with Gasteiger partial charge < -0.3 is 9.67 Å². The van der Waals surface area contributed by atoms with E-state index in [2.05, 4.69) is 37.9 Å². The molecule has 5 nitrogen and oxygen atoms in total. The first-order chi connectivity index (χ1) is 7.91. The van der Waals surface area contributed by atoms with E-state index in [4.69, 9.17) is 5.11 Å². The summed E-state index contributed by atoms with van der Waals surface area (Å²) in [6.07, 6.45) is 0.860. The normalized spacial score (nSPS) is 11.4. The van der Waals surface area contributed by atoms with Crippen LogP contribution in [0.15, 0.2) is 5.16 Å². The van der Waals surface area contributed by atoms with Crippen LogP contribution >= 0.6 is 11.8 Å². The maximum absolute atomic E-state index is 10.6. The van der Waals surface area contributed by atoms with Gasteiger partial charge in [-0.25, -0.2) is 0 Å². The minimum absolute atomic E-state index is 0.0204. The molecule has 0 amide bonds. The molecule has 0 aromatic carbocycles. The fraction of sp³-hybridized carbons (Fsp3) is 0.727. The number of aromatic nitrogens is 3. The molecule has 1 N–H and O–H groups in total. The number of carboxylic acid groups (broad SMARTS) is 1. The molecule has 1 rings (SSSR count). The molecule has 0 saturated carbocycles. The summed E-state index contributed by atoms with van der Waals surface area (Å²) < 4.78 is 2.02. The molecule has 0 bridgehead atoms. The monoisotopic (exact) mass is 257 g/mol. The van der Waals surface area contributed by atoms with Crippen LogP contribution in [0.5, 0.6) is 0 Å². The summed E-state index contributed by atoms with van der Waals surface area (Å²) >= 11 is 1.22. The molecule has 96 valence electrons. The first-order valence-corrected chi connectivity index (χ1v) is 6.68. The molecular formula is C11H19N3O2S. The Labute approximate surface area is 106 Å². The van der Waals surface area contributed by atoms with Crippen LogP contribution in [-0.4, -0.2) is 31.6 Å². The molecule has 0 aliphatic rings. The molecule has 1 heterocycles. The number of aliphatic carboxylic acids is 1. The Morgan fingerprint density at radius 2 is 2.00 bits per heavy atom. The van der Waals surface area contributed by atoms with Crippen LogP contribution in [0.25, 0.3) is 0 Å². The van der Waals surface area contributed by atoms with Crippen molar-refractivity contribution in [3.8, 4) is 0 Å². The van der Waals surface area contributed by atoms with E-state index >= 15 is 0 Å². The zero-order chi connectivity index (χ0) is 13.0. The number of carbonyl (C=O) groups is 1. The van der Waals surface area contributed by atoms with E-state index < -0.39 is 5.97 Å². The van der Waals surface area contributed by atoms with Crippen LogP contribution in [0.2, 0.25) is 0 Å². The van der Waals surface area contributed by atoms with Crippen LogP contribution in [0.1, 0.15) is 39.6 Å². The predicted molar refractivity (Wildman–Crippen MR) is 67.3 cm³/mol. The third kappa shape index (κ3) is 4.03. The molecule has 0 spiro atoms. The first-order valence-electron chi connectivity index (χ1n) is 5.70. The molecule has 17 heavy (non-hydrogen) atoms. The van der Waals surface area contributed by atoms with Crippen LogP contribution in [0.4, 0.5) is 0 Å². The fourth-order valence-electron chi connectivity index (χ4n) is 1.56. The Morgan fingerprint density at radius 3 is 2.47 bits per heavy atom. The number of hydrogen-bond acceptors (Lipinski definition) is 4. The Morgan fingerprint density at radius 1 is 1.35 bits per heavy atom. The number of nitrogens with zero attached hydrogens (tertiary/aromatic N) is 3. The summed E-state index contributed by atoms with van der Waals surface area (Å²) in [6.45, 7) is 8.36. The summed E-state index contributed by atoms with van der Waals surface area (Å²) in [4.78, 5) is 10.6. The van der Waals surface area contributed by atoms with Gasteiger partial charge in [-0.15, -0.1) is 10.2 Å². The van der Waals surface area contributed by atoms with Crippen molar-refractivity contribution < 1.29 is 9.90 Å². The van der Waals surface area contributed by atoms with Crippen LogP contribution in [-0.2, 0) is 11.2 Å². The molecule has 0 aliphatic heterocycles. The van der Waals surface area contributed by atoms with E-state index in [9.17, 15) is 4.79 Å². The van der Waals surface area contributed by atoms with Crippen molar-refractivity contribution in [3.05, 3.63) is 5.82 Å². The molecule has 0 saturated heterocycles. The number of hydrogen-bond donors (Lipinski definition) is 1. The van der Waals surface area contributed by atoms with Crippen LogP contribution < -0.4 is 0 Å². The molecule has 1 aromatic rings. The summed E-state index contributed by atoms with van der Waals surface area (Å²) in [6, 6.07) is 0.245. The van der Waals surface area contributed by atoms with Gasteiger partial charge in [0.05, 0.1) is 5.75 Å². The second-order valence-electron chi connectivity index (χ2n) is 4.64. The lowest BCUT2D eigenvalue weighted by Gasteiger charge is -2.14. The lowest BCUT2D eigenvalue weighted by Crippen LogP contribution is -2.11. The summed E-state index contributed by atoms with van der Waals surface area (Å²) in [5.74, 6) is 0.627. The van der Waals surface area contributed by atoms with Gasteiger partial charge in [0.15, 0.2) is 5.16 Å². The molecule has 0 fully saturated rings. The summed E-state index contributed by atoms with van der Waals surface area (Å²) in [5.41, 5.74) is 0. The smallest absolute Gasteiger partial charge is 0.313 e. The minimum atomic E-state index is -0.835. The average molecular weight is 257 g/mol. The Balaban J connectivity index is 2.90. The molecule has 0 radical (unpaired) electrons. The van der Waals surface area contributed by atoms with Crippen LogP contribution in [0, 0.1) is 5.92 Å². The average Bonchev–Trinajstić information content (AvgIpc) is 2.56. The SMILES string of the molecule is CC(C)Cc1nnc(SCC(=O)O)n1C(C)C. The maximum atomic E-state index is 10.6. The second-order valence-corrected chi connectivity index (χ2v) is 5.59. The zero-order valence-corrected chi connectivity index (χ0v) is 11.5. The molecule has 0 unspecified atom stereocenters. The van der Waals surface area contributed by atoms with Gasteiger partial charge >= 0.3 is 5.97 Å². The van der Waals surface area contributed by atoms with E-state index in [-0.39, 0.29) is 11.8 Å². The van der Waals surface area contributed by atoms with Gasteiger partial charge in [0.2, 0.25) is 0 Å². The highest BCUT2D eigenvalue weighted by Crippen LogP contribution is 2.22. The quantitative estimate of drug-likeness (QED) is 0.791. The third-order valence-electron chi connectivity index (χ3n) is 2.17. The standard InChI is InChI=1S/C11H19N3O2S/c1-7(2)5-9-12-13-11(14(9)8(3)4)17-6-10(15)16/h7-8H,5-6H2,1-4H3,(H,15,16). The first kappa shape index (κ1) is 14.0.